The molecule has 0 bridgehead atoms. The van der Waals surface area contributed by atoms with E-state index in [1.807, 2.05) is 13.8 Å². The molecule has 2 unspecified atom stereocenters. The summed E-state index contributed by atoms with van der Waals surface area (Å²) in [5, 5.41) is 0. The molecule has 1 aromatic rings. The number of nitrogens with two attached hydrogens (primary N) is 1. The van der Waals surface area contributed by atoms with E-state index in [1.54, 1.807) is 12.1 Å². The van der Waals surface area contributed by atoms with Crippen molar-refractivity contribution < 1.29 is 17.9 Å². The van der Waals surface area contributed by atoms with Gasteiger partial charge >= 0.3 is 6.36 Å². The average Bonchev–Trinajstić information content (AvgIpc) is 2.25. The highest BCUT2D eigenvalue weighted by Crippen LogP contribution is 2.53. The van der Waals surface area contributed by atoms with Gasteiger partial charge in [0.25, 0.3) is 0 Å². The second kappa shape index (κ2) is 4.16. The maximum absolute atomic E-state index is 12.3. The van der Waals surface area contributed by atoms with Crippen LogP contribution in [0.1, 0.15) is 31.7 Å². The van der Waals surface area contributed by atoms with Gasteiger partial charge in [-0.05, 0) is 29.4 Å². The first-order valence-electron chi connectivity index (χ1n) is 5.82. The van der Waals surface area contributed by atoms with Gasteiger partial charge in [0.1, 0.15) is 5.75 Å². The van der Waals surface area contributed by atoms with Crippen LogP contribution >= 0.6 is 0 Å². The Hall–Kier alpha value is -1.23. The summed E-state index contributed by atoms with van der Waals surface area (Å²) < 4.78 is 41.1. The molecule has 100 valence electrons. The third-order valence-corrected chi connectivity index (χ3v) is 3.86. The molecule has 1 aliphatic carbocycles. The van der Waals surface area contributed by atoms with Crippen molar-refractivity contribution in [2.24, 2.45) is 11.1 Å². The molecule has 0 heterocycles. The summed E-state index contributed by atoms with van der Waals surface area (Å²) in [4.78, 5) is 0. The lowest BCUT2D eigenvalue weighted by Gasteiger charge is -2.51. The van der Waals surface area contributed by atoms with E-state index in [2.05, 4.69) is 4.74 Å². The van der Waals surface area contributed by atoms with Crippen LogP contribution in [0.2, 0.25) is 0 Å². The summed E-state index contributed by atoms with van der Waals surface area (Å²) in [7, 11) is 0. The lowest BCUT2D eigenvalue weighted by atomic mass is 9.56. The van der Waals surface area contributed by atoms with Crippen molar-refractivity contribution in [3.05, 3.63) is 29.8 Å². The number of hydrogen-bond acceptors (Lipinski definition) is 2. The molecule has 0 aliphatic heterocycles. The van der Waals surface area contributed by atoms with E-state index >= 15 is 0 Å². The van der Waals surface area contributed by atoms with Crippen LogP contribution in [0.5, 0.6) is 5.75 Å². The Labute approximate surface area is 104 Å². The Morgan fingerprint density at radius 3 is 2.39 bits per heavy atom. The average molecular weight is 259 g/mol. The second-order valence-corrected chi connectivity index (χ2v) is 5.30. The molecule has 1 aromatic carbocycles. The number of ether oxygens (including phenoxy) is 1. The van der Waals surface area contributed by atoms with Crippen LogP contribution in [0.25, 0.3) is 0 Å². The highest BCUT2D eigenvalue weighted by molar-refractivity contribution is 5.40. The molecule has 0 spiro atoms. The van der Waals surface area contributed by atoms with E-state index in [9.17, 15) is 13.2 Å². The Kier molecular flexibility index (Phi) is 3.05. The van der Waals surface area contributed by atoms with Crippen LogP contribution in [-0.2, 0) is 0 Å². The molecule has 0 saturated heterocycles. The monoisotopic (exact) mass is 259 g/mol. The first kappa shape index (κ1) is 13.2. The first-order valence-corrected chi connectivity index (χ1v) is 5.82. The van der Waals surface area contributed by atoms with Crippen molar-refractivity contribution in [2.75, 3.05) is 0 Å². The molecular weight excluding hydrogens is 243 g/mol. The fourth-order valence-electron chi connectivity index (χ4n) is 2.47. The SMILES string of the molecule is CC1(C)C(N)CC1c1ccccc1OC(F)(F)F. The number of rotatable bonds is 2. The summed E-state index contributed by atoms with van der Waals surface area (Å²) in [6.07, 6.45) is -3.97. The molecule has 1 aliphatic rings. The van der Waals surface area contributed by atoms with Crippen LogP contribution < -0.4 is 10.5 Å². The van der Waals surface area contributed by atoms with Gasteiger partial charge < -0.3 is 10.5 Å². The quantitative estimate of drug-likeness (QED) is 0.883. The second-order valence-electron chi connectivity index (χ2n) is 5.30. The molecular formula is C13H16F3NO. The van der Waals surface area contributed by atoms with Crippen molar-refractivity contribution in [3.8, 4) is 5.75 Å². The zero-order chi connectivity index (χ0) is 13.6. The Morgan fingerprint density at radius 2 is 1.89 bits per heavy atom. The largest absolute Gasteiger partial charge is 0.573 e. The minimum Gasteiger partial charge on any atom is -0.405 e. The Balaban J connectivity index is 2.29. The van der Waals surface area contributed by atoms with Crippen molar-refractivity contribution in [2.45, 2.75) is 38.6 Å². The van der Waals surface area contributed by atoms with Gasteiger partial charge in [-0.2, -0.15) is 0 Å². The lowest BCUT2D eigenvalue weighted by Crippen LogP contribution is -2.52. The molecule has 2 rings (SSSR count). The van der Waals surface area contributed by atoms with E-state index in [0.717, 1.165) is 0 Å². The van der Waals surface area contributed by atoms with Crippen LogP contribution in [0.3, 0.4) is 0 Å². The predicted molar refractivity (Wildman–Crippen MR) is 62.2 cm³/mol. The van der Waals surface area contributed by atoms with Gasteiger partial charge in [0, 0.05) is 6.04 Å². The number of halogens is 3. The van der Waals surface area contributed by atoms with E-state index < -0.39 is 6.36 Å². The molecule has 18 heavy (non-hydrogen) atoms. The fourth-order valence-corrected chi connectivity index (χ4v) is 2.47. The van der Waals surface area contributed by atoms with Gasteiger partial charge in [0.15, 0.2) is 0 Å². The van der Waals surface area contributed by atoms with Gasteiger partial charge in [-0.25, -0.2) is 0 Å². The number of benzene rings is 1. The van der Waals surface area contributed by atoms with Crippen molar-refractivity contribution in [1.82, 2.24) is 0 Å². The fraction of sp³-hybridized carbons (Fsp3) is 0.538. The topological polar surface area (TPSA) is 35.2 Å². The lowest BCUT2D eigenvalue weighted by molar-refractivity contribution is -0.275. The van der Waals surface area contributed by atoms with Crippen LogP contribution in [0.15, 0.2) is 24.3 Å². The molecule has 0 amide bonds. The van der Waals surface area contributed by atoms with Crippen LogP contribution in [0, 0.1) is 5.41 Å². The Morgan fingerprint density at radius 1 is 1.28 bits per heavy atom. The minimum absolute atomic E-state index is 0.00560. The van der Waals surface area contributed by atoms with Crippen molar-refractivity contribution in [3.63, 3.8) is 0 Å². The van der Waals surface area contributed by atoms with E-state index in [-0.39, 0.29) is 23.1 Å². The smallest absolute Gasteiger partial charge is 0.405 e. The highest BCUT2D eigenvalue weighted by Gasteiger charge is 2.48. The minimum atomic E-state index is -4.66. The molecule has 2 N–H and O–H groups in total. The van der Waals surface area contributed by atoms with Gasteiger partial charge in [-0.3, -0.25) is 0 Å². The van der Waals surface area contributed by atoms with Gasteiger partial charge in [-0.15, -0.1) is 13.2 Å². The third kappa shape index (κ3) is 2.32. The molecule has 2 atom stereocenters. The molecule has 0 aromatic heterocycles. The molecule has 5 heteroatoms. The maximum Gasteiger partial charge on any atom is 0.573 e. The standard InChI is InChI=1S/C13H16F3NO/c1-12(2)9(7-11(12)17)8-5-3-4-6-10(8)18-13(14,15)16/h3-6,9,11H,7,17H2,1-2H3. The van der Waals surface area contributed by atoms with Crippen molar-refractivity contribution in [1.29, 1.82) is 0 Å². The summed E-state index contributed by atoms with van der Waals surface area (Å²) in [5.41, 5.74) is 6.28. The zero-order valence-electron chi connectivity index (χ0n) is 10.3. The van der Waals surface area contributed by atoms with Crippen LogP contribution in [0.4, 0.5) is 13.2 Å². The molecule has 1 saturated carbocycles. The first-order chi connectivity index (χ1) is 8.22. The number of hydrogen-bond donors (Lipinski definition) is 1. The molecule has 1 fully saturated rings. The van der Waals surface area contributed by atoms with Gasteiger partial charge in [0.05, 0.1) is 0 Å². The van der Waals surface area contributed by atoms with Gasteiger partial charge in [0.2, 0.25) is 0 Å². The summed E-state index contributed by atoms with van der Waals surface area (Å²) in [6.45, 7) is 3.94. The normalized spacial score (nSPS) is 26.6. The summed E-state index contributed by atoms with van der Waals surface area (Å²) in [5.74, 6) is -0.110. The van der Waals surface area contributed by atoms with E-state index in [1.165, 1.54) is 12.1 Å². The predicted octanol–water partition coefficient (Wildman–Crippen LogP) is 3.43. The zero-order valence-corrected chi connectivity index (χ0v) is 10.3. The summed E-state index contributed by atoms with van der Waals surface area (Å²) >= 11 is 0. The van der Waals surface area contributed by atoms with Crippen LogP contribution in [-0.4, -0.2) is 12.4 Å². The number of para-hydroxylation sites is 1. The number of alkyl halides is 3. The summed E-state index contributed by atoms with van der Waals surface area (Å²) in [6, 6.07) is 6.30. The highest BCUT2D eigenvalue weighted by atomic mass is 19.4. The molecule has 2 nitrogen and oxygen atoms in total. The van der Waals surface area contributed by atoms with E-state index in [0.29, 0.717) is 12.0 Å². The molecule has 0 radical (unpaired) electrons. The maximum atomic E-state index is 12.3. The third-order valence-electron chi connectivity index (χ3n) is 3.86. The van der Waals surface area contributed by atoms with Gasteiger partial charge in [-0.1, -0.05) is 32.0 Å². The Bertz CT molecular complexity index is 442. The van der Waals surface area contributed by atoms with Crippen molar-refractivity contribution >= 4 is 0 Å². The van der Waals surface area contributed by atoms with E-state index in [4.69, 9.17) is 5.73 Å².